The first-order valence-electron chi connectivity index (χ1n) is 4.77. The van der Waals surface area contributed by atoms with E-state index in [2.05, 4.69) is 12.1 Å². The van der Waals surface area contributed by atoms with Gasteiger partial charge >= 0.3 is 0 Å². The van der Waals surface area contributed by atoms with E-state index in [0.717, 1.165) is 13.0 Å². The third-order valence-corrected chi connectivity index (χ3v) is 2.75. The number of carbonyl (C=O) groups is 1. The van der Waals surface area contributed by atoms with Crippen molar-refractivity contribution >= 4 is 14.3 Å². The summed E-state index contributed by atoms with van der Waals surface area (Å²) >= 11 is 0. The number of hydrogen-bond acceptors (Lipinski definition) is 2. The van der Waals surface area contributed by atoms with E-state index in [9.17, 15) is 4.80 Å². The minimum atomic E-state index is -1.90. The third kappa shape index (κ3) is 10.8. The van der Waals surface area contributed by atoms with Gasteiger partial charge in [-0.2, -0.15) is 0 Å². The third-order valence-electron chi connectivity index (χ3n) is 1.48. The van der Waals surface area contributed by atoms with Crippen LogP contribution >= 0.6 is 0 Å². The second kappa shape index (κ2) is 6.37. The Labute approximate surface area is 91.5 Å². The highest BCUT2D eigenvalue weighted by molar-refractivity contribution is 6.69. The Bertz CT molecular complexity index is 286. The van der Waals surface area contributed by atoms with Crippen LogP contribution in [0.25, 0.3) is 0 Å². The van der Waals surface area contributed by atoms with Gasteiger partial charge in [0.2, 0.25) is 0 Å². The van der Waals surface area contributed by atoms with E-state index >= 15 is 0 Å². The highest BCUT2D eigenvalue weighted by Gasteiger charge is 2.16. The number of benzene rings is 1. The molecule has 0 aliphatic heterocycles. The molecule has 0 heterocycles. The highest BCUT2D eigenvalue weighted by Crippen LogP contribution is 2.07. The molecule has 0 aliphatic carbocycles. The maximum atomic E-state index is 9.61. The molecule has 3 nitrogen and oxygen atoms in total. The number of carboxylic acid groups (broad SMARTS) is 1. The molecule has 4 heteroatoms. The van der Waals surface area contributed by atoms with Crippen LogP contribution in [-0.4, -0.2) is 24.2 Å². The zero-order valence-corrected chi connectivity index (χ0v) is 10.4. The molecule has 0 bridgehead atoms. The molecule has 2 N–H and O–H groups in total. The zero-order valence-electron chi connectivity index (χ0n) is 9.40. The molecule has 0 saturated heterocycles. The zero-order chi connectivity index (χ0) is 11.9. The lowest BCUT2D eigenvalue weighted by molar-refractivity contribution is -0.134. The normalized spacial score (nSPS) is 10.1. The minimum Gasteiger partial charge on any atom is -0.481 e. The van der Waals surface area contributed by atoms with Gasteiger partial charge in [-0.15, -0.1) is 0 Å². The molecule has 0 atom stereocenters. The van der Waals surface area contributed by atoms with Crippen LogP contribution in [0.2, 0.25) is 13.1 Å². The molecule has 1 aromatic carbocycles. The van der Waals surface area contributed by atoms with Gasteiger partial charge in [-0.3, -0.25) is 4.79 Å². The van der Waals surface area contributed by atoms with Crippen molar-refractivity contribution in [3.63, 3.8) is 0 Å². The monoisotopic (exact) mass is 226 g/mol. The molecule has 0 amide bonds. The Morgan fingerprint density at radius 2 is 1.67 bits per heavy atom. The van der Waals surface area contributed by atoms with Crippen molar-refractivity contribution in [1.29, 1.82) is 0 Å². The molecule has 0 spiro atoms. The summed E-state index contributed by atoms with van der Waals surface area (Å²) in [4.78, 5) is 18.6. The summed E-state index contributed by atoms with van der Waals surface area (Å²) in [6.45, 7) is 5.00. The van der Waals surface area contributed by atoms with Gasteiger partial charge in [-0.1, -0.05) is 30.3 Å². The minimum absolute atomic E-state index is 0.833. The SMILES string of the molecule is CC(=O)O.C[Si](C)(O)Cc1ccccc1. The highest BCUT2D eigenvalue weighted by atomic mass is 28.4. The van der Waals surface area contributed by atoms with Gasteiger partial charge in [-0.25, -0.2) is 0 Å². The average Bonchev–Trinajstić information content (AvgIpc) is 2.01. The molecular formula is C11H18O3Si. The van der Waals surface area contributed by atoms with E-state index in [4.69, 9.17) is 9.90 Å². The molecule has 0 aliphatic rings. The van der Waals surface area contributed by atoms with Crippen LogP contribution < -0.4 is 0 Å². The van der Waals surface area contributed by atoms with E-state index in [1.54, 1.807) is 0 Å². The number of carboxylic acids is 1. The Kier molecular flexibility index (Phi) is 5.89. The van der Waals surface area contributed by atoms with Crippen molar-refractivity contribution in [3.8, 4) is 0 Å². The van der Waals surface area contributed by atoms with E-state index in [-0.39, 0.29) is 0 Å². The molecular weight excluding hydrogens is 208 g/mol. The van der Waals surface area contributed by atoms with E-state index in [0.29, 0.717) is 0 Å². The lowest BCUT2D eigenvalue weighted by Gasteiger charge is -2.12. The lowest BCUT2D eigenvalue weighted by atomic mass is 10.2. The van der Waals surface area contributed by atoms with E-state index < -0.39 is 14.3 Å². The fourth-order valence-electron chi connectivity index (χ4n) is 1.10. The van der Waals surface area contributed by atoms with Crippen LogP contribution in [-0.2, 0) is 10.8 Å². The summed E-state index contributed by atoms with van der Waals surface area (Å²) < 4.78 is 0. The molecule has 0 aromatic heterocycles. The molecule has 0 fully saturated rings. The predicted molar refractivity (Wildman–Crippen MR) is 63.2 cm³/mol. The first kappa shape index (κ1) is 13.9. The second-order valence-corrected chi connectivity index (χ2v) is 7.97. The van der Waals surface area contributed by atoms with Gasteiger partial charge in [0.25, 0.3) is 5.97 Å². The molecule has 1 rings (SSSR count). The summed E-state index contributed by atoms with van der Waals surface area (Å²) in [6, 6.07) is 11.0. The fraction of sp³-hybridized carbons (Fsp3) is 0.364. The molecule has 84 valence electrons. The van der Waals surface area contributed by atoms with Crippen LogP contribution in [0.15, 0.2) is 30.3 Å². The van der Waals surface area contributed by atoms with Gasteiger partial charge < -0.3 is 9.90 Å². The number of aliphatic carboxylic acids is 1. The molecule has 0 unspecified atom stereocenters. The maximum Gasteiger partial charge on any atom is 0.300 e. The summed E-state index contributed by atoms with van der Waals surface area (Å²) in [5.41, 5.74) is 1.24. The van der Waals surface area contributed by atoms with Crippen molar-refractivity contribution < 1.29 is 14.7 Å². The molecule has 0 radical (unpaired) electrons. The smallest absolute Gasteiger partial charge is 0.300 e. The van der Waals surface area contributed by atoms with Crippen molar-refractivity contribution in [2.24, 2.45) is 0 Å². The summed E-state index contributed by atoms with van der Waals surface area (Å²) in [5.74, 6) is -0.833. The predicted octanol–water partition coefficient (Wildman–Crippen LogP) is 2.06. The number of rotatable bonds is 2. The quantitative estimate of drug-likeness (QED) is 0.759. The second-order valence-electron chi connectivity index (χ2n) is 3.99. The standard InChI is InChI=1S/C9H14OSi.C2H4O2/c1-11(2,10)8-9-6-4-3-5-7-9;1-2(3)4/h3-7,10H,8H2,1-2H3;1H3,(H,3,4). The van der Waals surface area contributed by atoms with Crippen molar-refractivity contribution in [3.05, 3.63) is 35.9 Å². The number of hydrogen-bond donors (Lipinski definition) is 2. The summed E-state index contributed by atoms with van der Waals surface area (Å²) in [5, 5.41) is 7.42. The summed E-state index contributed by atoms with van der Waals surface area (Å²) in [7, 11) is -1.90. The van der Waals surface area contributed by atoms with E-state index in [1.165, 1.54) is 5.56 Å². The van der Waals surface area contributed by atoms with Crippen LogP contribution in [0.4, 0.5) is 0 Å². The Balaban J connectivity index is 0.000000423. The molecule has 0 saturated carbocycles. The van der Waals surface area contributed by atoms with Crippen LogP contribution in [0.5, 0.6) is 0 Å². The van der Waals surface area contributed by atoms with Gasteiger partial charge in [0.15, 0.2) is 8.32 Å². The summed E-state index contributed by atoms with van der Waals surface area (Å²) in [6.07, 6.45) is 0. The first-order valence-corrected chi connectivity index (χ1v) is 7.92. The topological polar surface area (TPSA) is 57.5 Å². The largest absolute Gasteiger partial charge is 0.481 e. The first-order chi connectivity index (χ1) is 6.81. The van der Waals surface area contributed by atoms with Crippen molar-refractivity contribution in [2.45, 2.75) is 26.1 Å². The van der Waals surface area contributed by atoms with Gasteiger partial charge in [0.1, 0.15) is 0 Å². The molecule has 15 heavy (non-hydrogen) atoms. The van der Waals surface area contributed by atoms with Crippen molar-refractivity contribution in [2.75, 3.05) is 0 Å². The van der Waals surface area contributed by atoms with Crippen LogP contribution in [0.3, 0.4) is 0 Å². The maximum absolute atomic E-state index is 9.61. The van der Waals surface area contributed by atoms with Crippen LogP contribution in [0.1, 0.15) is 12.5 Å². The van der Waals surface area contributed by atoms with Gasteiger partial charge in [0.05, 0.1) is 0 Å². The average molecular weight is 226 g/mol. The Morgan fingerprint density at radius 1 is 1.27 bits per heavy atom. The fourth-order valence-corrected chi connectivity index (χ4v) is 2.33. The van der Waals surface area contributed by atoms with Gasteiger partial charge in [0, 0.05) is 6.92 Å². The van der Waals surface area contributed by atoms with Gasteiger partial charge in [-0.05, 0) is 24.7 Å². The Morgan fingerprint density at radius 3 is 2.00 bits per heavy atom. The van der Waals surface area contributed by atoms with Crippen LogP contribution in [0, 0.1) is 0 Å². The lowest BCUT2D eigenvalue weighted by Crippen LogP contribution is -2.28. The van der Waals surface area contributed by atoms with E-state index in [1.807, 2.05) is 31.3 Å². The molecule has 1 aromatic rings. The Hall–Kier alpha value is -1.13. The van der Waals surface area contributed by atoms with Crippen molar-refractivity contribution in [1.82, 2.24) is 0 Å².